The highest BCUT2D eigenvalue weighted by molar-refractivity contribution is 7.17. The molecule has 26 heavy (non-hydrogen) atoms. The number of carbonyl (C=O) groups is 1. The number of aryl methyl sites for hydroxylation is 2. The number of hydrogen-bond donors (Lipinski definition) is 0. The standard InChI is InChI=1S/C19H20N4O2S/c1-13-7-4-5-8-15(13)25-12-11-23(3)19(24)16-14(2)22-18(26-16)17-20-9-6-10-21-17/h4-10H,11-12H2,1-3H3. The predicted octanol–water partition coefficient (Wildman–Crippen LogP) is 3.37. The van der Waals surface area contributed by atoms with Crippen molar-refractivity contribution in [2.75, 3.05) is 20.2 Å². The summed E-state index contributed by atoms with van der Waals surface area (Å²) in [5.74, 6) is 1.30. The van der Waals surface area contributed by atoms with Crippen molar-refractivity contribution in [2.45, 2.75) is 13.8 Å². The van der Waals surface area contributed by atoms with Gasteiger partial charge >= 0.3 is 0 Å². The van der Waals surface area contributed by atoms with E-state index in [2.05, 4.69) is 15.0 Å². The minimum absolute atomic E-state index is 0.0736. The Morgan fingerprint density at radius 2 is 1.88 bits per heavy atom. The molecule has 134 valence electrons. The van der Waals surface area contributed by atoms with Crippen molar-refractivity contribution >= 4 is 17.2 Å². The molecule has 0 unspecified atom stereocenters. The van der Waals surface area contributed by atoms with Gasteiger partial charge in [-0.2, -0.15) is 0 Å². The van der Waals surface area contributed by atoms with Crippen molar-refractivity contribution in [3.05, 3.63) is 58.9 Å². The molecule has 0 saturated carbocycles. The van der Waals surface area contributed by atoms with Gasteiger partial charge in [-0.05, 0) is 31.5 Å². The average molecular weight is 368 g/mol. The lowest BCUT2D eigenvalue weighted by Gasteiger charge is -2.17. The third kappa shape index (κ3) is 4.05. The third-order valence-corrected chi connectivity index (χ3v) is 5.01. The van der Waals surface area contributed by atoms with Crippen LogP contribution in [0.5, 0.6) is 5.75 Å². The minimum atomic E-state index is -0.0736. The van der Waals surface area contributed by atoms with Crippen LogP contribution >= 0.6 is 11.3 Å². The van der Waals surface area contributed by atoms with Gasteiger partial charge in [0.05, 0.1) is 12.2 Å². The Hall–Kier alpha value is -2.80. The van der Waals surface area contributed by atoms with Gasteiger partial charge in [-0.1, -0.05) is 18.2 Å². The first-order valence-corrected chi connectivity index (χ1v) is 9.06. The normalized spacial score (nSPS) is 10.6. The van der Waals surface area contributed by atoms with E-state index in [9.17, 15) is 4.79 Å². The number of carbonyl (C=O) groups excluding carboxylic acids is 1. The Kier molecular flexibility index (Phi) is 5.58. The number of likely N-dealkylation sites (N-methyl/N-ethyl adjacent to an activating group) is 1. The highest BCUT2D eigenvalue weighted by Crippen LogP contribution is 2.26. The van der Waals surface area contributed by atoms with Crippen LogP contribution in [0.2, 0.25) is 0 Å². The molecule has 7 heteroatoms. The van der Waals surface area contributed by atoms with Crippen molar-refractivity contribution in [2.24, 2.45) is 0 Å². The molecular formula is C19H20N4O2S. The molecule has 0 spiro atoms. The van der Waals surface area contributed by atoms with E-state index in [1.807, 2.05) is 38.1 Å². The molecule has 0 fully saturated rings. The maximum atomic E-state index is 12.7. The summed E-state index contributed by atoms with van der Waals surface area (Å²) in [5, 5.41) is 0.649. The molecule has 0 aliphatic carbocycles. The van der Waals surface area contributed by atoms with Gasteiger partial charge in [0.1, 0.15) is 17.2 Å². The number of nitrogens with zero attached hydrogens (tertiary/aromatic N) is 4. The summed E-state index contributed by atoms with van der Waals surface area (Å²) < 4.78 is 5.77. The highest BCUT2D eigenvalue weighted by atomic mass is 32.1. The monoisotopic (exact) mass is 368 g/mol. The van der Waals surface area contributed by atoms with Crippen LogP contribution in [0.25, 0.3) is 10.8 Å². The van der Waals surface area contributed by atoms with Gasteiger partial charge in [-0.25, -0.2) is 15.0 Å². The van der Waals surface area contributed by atoms with E-state index in [0.717, 1.165) is 11.3 Å². The topological polar surface area (TPSA) is 68.2 Å². The van der Waals surface area contributed by atoms with E-state index in [1.165, 1.54) is 11.3 Å². The molecule has 0 radical (unpaired) electrons. The number of thiazole rings is 1. The van der Waals surface area contributed by atoms with Crippen LogP contribution in [-0.2, 0) is 0 Å². The molecule has 0 aliphatic heterocycles. The van der Waals surface area contributed by atoms with Crippen LogP contribution in [-0.4, -0.2) is 46.0 Å². The second kappa shape index (κ2) is 8.05. The van der Waals surface area contributed by atoms with Crippen LogP contribution < -0.4 is 4.74 Å². The van der Waals surface area contributed by atoms with Gasteiger partial charge in [-0.3, -0.25) is 4.79 Å². The van der Waals surface area contributed by atoms with Crippen molar-refractivity contribution in [3.63, 3.8) is 0 Å². The summed E-state index contributed by atoms with van der Waals surface area (Å²) in [6, 6.07) is 9.58. The molecule has 0 bridgehead atoms. The molecule has 0 atom stereocenters. The molecule has 3 aromatic rings. The molecule has 6 nitrogen and oxygen atoms in total. The Balaban J connectivity index is 1.63. The maximum Gasteiger partial charge on any atom is 0.265 e. The van der Waals surface area contributed by atoms with Gasteiger partial charge in [0.25, 0.3) is 5.91 Å². The Bertz CT molecular complexity index is 896. The average Bonchev–Trinajstić information content (AvgIpc) is 3.05. The van der Waals surface area contributed by atoms with Crippen molar-refractivity contribution in [1.82, 2.24) is 19.9 Å². The van der Waals surface area contributed by atoms with Crippen molar-refractivity contribution in [1.29, 1.82) is 0 Å². The van der Waals surface area contributed by atoms with Gasteiger partial charge in [0, 0.05) is 19.4 Å². The Morgan fingerprint density at radius 1 is 1.15 bits per heavy atom. The second-order valence-electron chi connectivity index (χ2n) is 5.85. The quantitative estimate of drug-likeness (QED) is 0.667. The fourth-order valence-corrected chi connectivity index (χ4v) is 3.39. The zero-order valence-electron chi connectivity index (χ0n) is 15.0. The summed E-state index contributed by atoms with van der Waals surface area (Å²) in [7, 11) is 1.77. The maximum absolute atomic E-state index is 12.7. The molecule has 2 aromatic heterocycles. The smallest absolute Gasteiger partial charge is 0.265 e. The molecule has 0 N–H and O–H groups in total. The molecular weight excluding hydrogens is 348 g/mol. The van der Waals surface area contributed by atoms with E-state index in [0.29, 0.717) is 34.6 Å². The number of para-hydroxylation sites is 1. The summed E-state index contributed by atoms with van der Waals surface area (Å²) in [5.41, 5.74) is 1.77. The summed E-state index contributed by atoms with van der Waals surface area (Å²) in [6.45, 7) is 4.74. The first-order chi connectivity index (χ1) is 12.6. The van der Waals surface area contributed by atoms with E-state index < -0.39 is 0 Å². The lowest BCUT2D eigenvalue weighted by molar-refractivity contribution is 0.0777. The largest absolute Gasteiger partial charge is 0.491 e. The summed E-state index contributed by atoms with van der Waals surface area (Å²) in [6.07, 6.45) is 3.32. The van der Waals surface area contributed by atoms with Gasteiger partial charge in [0.15, 0.2) is 10.8 Å². The molecule has 1 aromatic carbocycles. The molecule has 0 saturated heterocycles. The van der Waals surface area contributed by atoms with Crippen LogP contribution in [0, 0.1) is 13.8 Å². The van der Waals surface area contributed by atoms with E-state index >= 15 is 0 Å². The van der Waals surface area contributed by atoms with E-state index in [-0.39, 0.29) is 5.91 Å². The number of ether oxygens (including phenoxy) is 1. The number of benzene rings is 1. The van der Waals surface area contributed by atoms with Crippen LogP contribution in [0.1, 0.15) is 20.9 Å². The van der Waals surface area contributed by atoms with Gasteiger partial charge in [0.2, 0.25) is 0 Å². The third-order valence-electron chi connectivity index (χ3n) is 3.87. The Labute approximate surface area is 156 Å². The Morgan fingerprint density at radius 3 is 2.62 bits per heavy atom. The van der Waals surface area contributed by atoms with Gasteiger partial charge < -0.3 is 9.64 Å². The lowest BCUT2D eigenvalue weighted by Crippen LogP contribution is -2.30. The highest BCUT2D eigenvalue weighted by Gasteiger charge is 2.20. The van der Waals surface area contributed by atoms with Crippen LogP contribution in [0.4, 0.5) is 0 Å². The molecule has 3 rings (SSSR count). The number of aromatic nitrogens is 3. The minimum Gasteiger partial charge on any atom is -0.491 e. The second-order valence-corrected chi connectivity index (χ2v) is 6.85. The van der Waals surface area contributed by atoms with Crippen molar-refractivity contribution < 1.29 is 9.53 Å². The van der Waals surface area contributed by atoms with Crippen LogP contribution in [0.15, 0.2) is 42.7 Å². The first-order valence-electron chi connectivity index (χ1n) is 8.25. The number of hydrogen-bond acceptors (Lipinski definition) is 6. The van der Waals surface area contributed by atoms with Crippen LogP contribution in [0.3, 0.4) is 0 Å². The number of amides is 1. The summed E-state index contributed by atoms with van der Waals surface area (Å²) >= 11 is 1.31. The van der Waals surface area contributed by atoms with Crippen molar-refractivity contribution in [3.8, 4) is 16.6 Å². The first kappa shape index (κ1) is 18.0. The fourth-order valence-electron chi connectivity index (χ4n) is 2.39. The SMILES string of the molecule is Cc1ccccc1OCCN(C)C(=O)c1sc(-c2ncccn2)nc1C. The molecule has 2 heterocycles. The van der Waals surface area contributed by atoms with E-state index in [4.69, 9.17) is 4.74 Å². The molecule has 0 aliphatic rings. The zero-order chi connectivity index (χ0) is 18.5. The fraction of sp³-hybridized carbons (Fsp3) is 0.263. The zero-order valence-corrected chi connectivity index (χ0v) is 15.8. The molecule has 1 amide bonds. The van der Waals surface area contributed by atoms with E-state index in [1.54, 1.807) is 30.4 Å². The van der Waals surface area contributed by atoms with Gasteiger partial charge in [-0.15, -0.1) is 11.3 Å². The number of rotatable bonds is 6. The summed E-state index contributed by atoms with van der Waals surface area (Å²) in [4.78, 5) is 27.8. The lowest BCUT2D eigenvalue weighted by atomic mass is 10.2. The predicted molar refractivity (Wildman–Crippen MR) is 102 cm³/mol.